The van der Waals surface area contributed by atoms with E-state index in [1.165, 1.54) is 0 Å². The van der Waals surface area contributed by atoms with E-state index < -0.39 is 0 Å². The summed E-state index contributed by atoms with van der Waals surface area (Å²) < 4.78 is 10.7. The van der Waals surface area contributed by atoms with Crippen LogP contribution < -0.4 is 15.0 Å². The summed E-state index contributed by atoms with van der Waals surface area (Å²) in [6.07, 6.45) is 3.69. The number of hydrogen-bond acceptors (Lipinski definition) is 4. The molecule has 1 amide bonds. The molecule has 0 radical (unpaired) electrons. The maximum Gasteiger partial charge on any atom is 0.249 e. The van der Waals surface area contributed by atoms with Gasteiger partial charge in [0.2, 0.25) is 5.91 Å². The second-order valence-corrected chi connectivity index (χ2v) is 6.00. The van der Waals surface area contributed by atoms with Gasteiger partial charge in [0.1, 0.15) is 11.9 Å². The summed E-state index contributed by atoms with van der Waals surface area (Å²) in [6.45, 7) is 2.56. The number of benzene rings is 1. The van der Waals surface area contributed by atoms with Crippen molar-refractivity contribution in [3.05, 3.63) is 24.3 Å². The third-order valence-corrected chi connectivity index (χ3v) is 4.41. The first-order valence-electron chi connectivity index (χ1n) is 8.07. The Morgan fingerprint density at radius 1 is 1.36 bits per heavy atom. The molecule has 0 spiro atoms. The summed E-state index contributed by atoms with van der Waals surface area (Å²) in [4.78, 5) is 14.5. The average molecular weight is 304 g/mol. The molecule has 5 heteroatoms. The molecule has 2 aliphatic rings. The topological polar surface area (TPSA) is 50.8 Å². The molecule has 2 saturated heterocycles. The summed E-state index contributed by atoms with van der Waals surface area (Å²) >= 11 is 0. The molecule has 2 atom stereocenters. The SMILES string of the molecule is COc1cccc(N2CCC[C@H](NC(=O)[C@H]3CCCO3)C2)c1. The molecule has 1 aromatic carbocycles. The Balaban J connectivity index is 1.59. The molecule has 2 fully saturated rings. The average Bonchev–Trinajstić information content (AvgIpc) is 3.10. The molecule has 2 heterocycles. The van der Waals surface area contributed by atoms with Crippen LogP contribution in [-0.2, 0) is 9.53 Å². The molecule has 5 nitrogen and oxygen atoms in total. The van der Waals surface area contributed by atoms with Crippen LogP contribution >= 0.6 is 0 Å². The van der Waals surface area contributed by atoms with Crippen molar-refractivity contribution in [2.24, 2.45) is 0 Å². The zero-order valence-electron chi connectivity index (χ0n) is 13.1. The van der Waals surface area contributed by atoms with E-state index in [1.807, 2.05) is 18.2 Å². The Kier molecular flexibility index (Phi) is 4.83. The highest BCUT2D eigenvalue weighted by molar-refractivity contribution is 5.81. The molecule has 2 aliphatic heterocycles. The van der Waals surface area contributed by atoms with Crippen LogP contribution in [-0.4, -0.2) is 44.9 Å². The van der Waals surface area contributed by atoms with Crippen molar-refractivity contribution >= 4 is 11.6 Å². The minimum atomic E-state index is -0.243. The number of amides is 1. The van der Waals surface area contributed by atoms with E-state index in [1.54, 1.807) is 7.11 Å². The highest BCUT2D eigenvalue weighted by atomic mass is 16.5. The number of ether oxygens (including phenoxy) is 2. The van der Waals surface area contributed by atoms with Crippen LogP contribution in [0.4, 0.5) is 5.69 Å². The van der Waals surface area contributed by atoms with E-state index >= 15 is 0 Å². The first-order chi connectivity index (χ1) is 10.8. The van der Waals surface area contributed by atoms with Crippen molar-refractivity contribution in [2.75, 3.05) is 31.7 Å². The Morgan fingerprint density at radius 2 is 2.27 bits per heavy atom. The van der Waals surface area contributed by atoms with Crippen molar-refractivity contribution in [2.45, 2.75) is 37.8 Å². The first kappa shape index (κ1) is 15.2. The predicted molar refractivity (Wildman–Crippen MR) is 85.3 cm³/mol. The van der Waals surface area contributed by atoms with Gasteiger partial charge in [0.25, 0.3) is 0 Å². The summed E-state index contributed by atoms with van der Waals surface area (Å²) in [5.74, 6) is 0.915. The number of hydrogen-bond donors (Lipinski definition) is 1. The van der Waals surface area contributed by atoms with Crippen molar-refractivity contribution in [1.29, 1.82) is 0 Å². The monoisotopic (exact) mass is 304 g/mol. The molecule has 22 heavy (non-hydrogen) atoms. The third-order valence-electron chi connectivity index (χ3n) is 4.41. The molecule has 3 rings (SSSR count). The van der Waals surface area contributed by atoms with Gasteiger partial charge in [-0.1, -0.05) is 6.07 Å². The van der Waals surface area contributed by atoms with Gasteiger partial charge in [0.05, 0.1) is 7.11 Å². The molecule has 0 aliphatic carbocycles. The van der Waals surface area contributed by atoms with E-state index in [2.05, 4.69) is 16.3 Å². The quantitative estimate of drug-likeness (QED) is 0.924. The molecule has 0 bridgehead atoms. The second kappa shape index (κ2) is 7.01. The zero-order chi connectivity index (χ0) is 15.4. The highest BCUT2D eigenvalue weighted by Crippen LogP contribution is 2.24. The van der Waals surface area contributed by atoms with Crippen LogP contribution in [0.1, 0.15) is 25.7 Å². The minimum absolute atomic E-state index is 0.0509. The number of nitrogens with zero attached hydrogens (tertiary/aromatic N) is 1. The molecule has 0 unspecified atom stereocenters. The van der Waals surface area contributed by atoms with Crippen LogP contribution in [0.3, 0.4) is 0 Å². The number of rotatable bonds is 4. The van der Waals surface area contributed by atoms with Crippen LogP contribution in [0.2, 0.25) is 0 Å². The maximum atomic E-state index is 12.2. The number of piperidine rings is 1. The second-order valence-electron chi connectivity index (χ2n) is 6.00. The molecule has 0 saturated carbocycles. The van der Waals surface area contributed by atoms with Crippen LogP contribution in [0.25, 0.3) is 0 Å². The van der Waals surface area contributed by atoms with Gasteiger partial charge in [-0.05, 0) is 37.8 Å². The van der Waals surface area contributed by atoms with Crippen molar-refractivity contribution in [1.82, 2.24) is 5.32 Å². The zero-order valence-corrected chi connectivity index (χ0v) is 13.1. The standard InChI is InChI=1S/C17H24N2O3/c1-21-15-7-2-6-14(11-15)19-9-3-5-13(12-19)18-17(20)16-8-4-10-22-16/h2,6-7,11,13,16H,3-5,8-10,12H2,1H3,(H,18,20)/t13-,16+/m0/s1. The van der Waals surface area contributed by atoms with E-state index in [9.17, 15) is 4.79 Å². The summed E-state index contributed by atoms with van der Waals surface area (Å²) in [6, 6.07) is 8.28. The number of carbonyl (C=O) groups is 1. The molecule has 1 aromatic rings. The Bertz CT molecular complexity index is 514. The number of anilines is 1. The summed E-state index contributed by atoms with van der Waals surface area (Å²) in [7, 11) is 1.68. The molecular weight excluding hydrogens is 280 g/mol. The lowest BCUT2D eigenvalue weighted by Crippen LogP contribution is -2.50. The highest BCUT2D eigenvalue weighted by Gasteiger charge is 2.27. The lowest BCUT2D eigenvalue weighted by Gasteiger charge is -2.35. The third kappa shape index (κ3) is 3.53. The fraction of sp³-hybridized carbons (Fsp3) is 0.588. The first-order valence-corrected chi connectivity index (χ1v) is 8.07. The Labute approximate surface area is 131 Å². The predicted octanol–water partition coefficient (Wildman–Crippen LogP) is 1.96. The van der Waals surface area contributed by atoms with Gasteiger partial charge >= 0.3 is 0 Å². The lowest BCUT2D eigenvalue weighted by atomic mass is 10.0. The molecular formula is C17H24N2O3. The molecule has 120 valence electrons. The summed E-state index contributed by atoms with van der Waals surface area (Å²) in [5, 5.41) is 3.15. The molecule has 0 aromatic heterocycles. The van der Waals surface area contributed by atoms with Gasteiger partial charge in [-0.25, -0.2) is 0 Å². The van der Waals surface area contributed by atoms with Crippen molar-refractivity contribution in [3.63, 3.8) is 0 Å². The maximum absolute atomic E-state index is 12.2. The largest absolute Gasteiger partial charge is 0.497 e. The smallest absolute Gasteiger partial charge is 0.249 e. The molecule has 1 N–H and O–H groups in total. The number of methoxy groups -OCH3 is 1. The number of carbonyl (C=O) groups excluding carboxylic acids is 1. The van der Waals surface area contributed by atoms with Crippen LogP contribution in [0, 0.1) is 0 Å². The number of nitrogens with one attached hydrogen (secondary N) is 1. The van der Waals surface area contributed by atoms with Gasteiger partial charge in [0, 0.05) is 37.5 Å². The summed E-state index contributed by atoms with van der Waals surface area (Å²) in [5.41, 5.74) is 1.15. The lowest BCUT2D eigenvalue weighted by molar-refractivity contribution is -0.130. The Morgan fingerprint density at radius 3 is 3.05 bits per heavy atom. The van der Waals surface area contributed by atoms with Crippen molar-refractivity contribution in [3.8, 4) is 5.75 Å². The van der Waals surface area contributed by atoms with Crippen LogP contribution in [0.5, 0.6) is 5.75 Å². The van der Waals surface area contributed by atoms with E-state index in [0.717, 1.165) is 50.2 Å². The Hall–Kier alpha value is -1.75. The van der Waals surface area contributed by atoms with E-state index in [0.29, 0.717) is 6.61 Å². The van der Waals surface area contributed by atoms with Gasteiger partial charge in [-0.15, -0.1) is 0 Å². The van der Waals surface area contributed by atoms with Crippen LogP contribution in [0.15, 0.2) is 24.3 Å². The normalized spacial score (nSPS) is 25.0. The fourth-order valence-corrected chi connectivity index (χ4v) is 3.22. The minimum Gasteiger partial charge on any atom is -0.497 e. The van der Waals surface area contributed by atoms with Gasteiger partial charge in [-0.2, -0.15) is 0 Å². The fourth-order valence-electron chi connectivity index (χ4n) is 3.22. The van der Waals surface area contributed by atoms with Crippen molar-refractivity contribution < 1.29 is 14.3 Å². The van der Waals surface area contributed by atoms with E-state index in [4.69, 9.17) is 9.47 Å². The van der Waals surface area contributed by atoms with Gasteiger partial charge in [0.15, 0.2) is 0 Å². The van der Waals surface area contributed by atoms with Gasteiger partial charge in [-0.3, -0.25) is 4.79 Å². The van der Waals surface area contributed by atoms with Gasteiger partial charge < -0.3 is 19.7 Å². The van der Waals surface area contributed by atoms with E-state index in [-0.39, 0.29) is 18.1 Å².